The van der Waals surface area contributed by atoms with E-state index in [1.165, 1.54) is 0 Å². The maximum atomic E-state index is 13.0. The molecule has 0 bridgehead atoms. The van der Waals surface area contributed by atoms with Gasteiger partial charge in [0.2, 0.25) is 11.8 Å². The molecule has 2 amide bonds. The Kier molecular flexibility index (Phi) is 10.1. The SMILES string of the molecule is O=C(C[C@H]1CC=CCCCC(=O)OCC2(CCCC2)NC1=O)NCCOCCO. The van der Waals surface area contributed by atoms with E-state index >= 15 is 0 Å². The quantitative estimate of drug-likeness (QED) is 0.330. The Morgan fingerprint density at radius 1 is 1.24 bits per heavy atom. The minimum absolute atomic E-state index is 0.0560. The standard InChI is InChI=1S/C21H34N2O6/c24-12-14-28-13-11-22-18(25)15-17-7-3-1-2-4-8-19(26)29-16-21(23-20(17)27)9-5-6-10-21/h1,3,17,24H,2,4-16H2,(H,22,25)(H,23,27)/t17-/m1/s1. The molecule has 1 saturated carbocycles. The zero-order valence-electron chi connectivity index (χ0n) is 17.1. The Morgan fingerprint density at radius 2 is 2.03 bits per heavy atom. The molecule has 2 aliphatic rings. The number of ether oxygens (including phenoxy) is 2. The van der Waals surface area contributed by atoms with Crippen LogP contribution in [0.2, 0.25) is 0 Å². The second-order valence-corrected chi connectivity index (χ2v) is 7.82. The van der Waals surface area contributed by atoms with Crippen LogP contribution < -0.4 is 10.6 Å². The van der Waals surface area contributed by atoms with Crippen LogP contribution in [0.5, 0.6) is 0 Å². The summed E-state index contributed by atoms with van der Waals surface area (Å²) in [6, 6.07) is 0. The predicted octanol–water partition coefficient (Wildman–Crippen LogP) is 1.22. The Hall–Kier alpha value is -1.93. The number of hydrogen-bond donors (Lipinski definition) is 3. The number of rotatable bonds is 7. The lowest BCUT2D eigenvalue weighted by atomic mass is 9.94. The summed E-state index contributed by atoms with van der Waals surface area (Å²) >= 11 is 0. The second-order valence-electron chi connectivity index (χ2n) is 7.82. The minimum Gasteiger partial charge on any atom is -0.463 e. The highest BCUT2D eigenvalue weighted by atomic mass is 16.5. The average Bonchev–Trinajstić information content (AvgIpc) is 3.16. The Labute approximate surface area is 172 Å². The molecule has 0 aromatic rings. The summed E-state index contributed by atoms with van der Waals surface area (Å²) in [6.45, 7) is 1.03. The molecule has 0 aromatic heterocycles. The first-order valence-corrected chi connectivity index (χ1v) is 10.6. The Bertz CT molecular complexity index is 572. The highest BCUT2D eigenvalue weighted by Crippen LogP contribution is 2.31. The molecule has 164 valence electrons. The molecule has 2 rings (SSSR count). The summed E-state index contributed by atoms with van der Waals surface area (Å²) in [5, 5.41) is 14.5. The fraction of sp³-hybridized carbons (Fsp3) is 0.762. The number of amides is 2. The number of carbonyl (C=O) groups excluding carboxylic acids is 3. The van der Waals surface area contributed by atoms with Gasteiger partial charge in [0, 0.05) is 19.4 Å². The maximum Gasteiger partial charge on any atom is 0.305 e. The van der Waals surface area contributed by atoms with Crippen LogP contribution in [0.4, 0.5) is 0 Å². The smallest absolute Gasteiger partial charge is 0.305 e. The van der Waals surface area contributed by atoms with Gasteiger partial charge in [0.25, 0.3) is 0 Å². The van der Waals surface area contributed by atoms with Gasteiger partial charge in [0.15, 0.2) is 0 Å². The molecule has 1 aliphatic heterocycles. The van der Waals surface area contributed by atoms with E-state index in [0.717, 1.165) is 32.1 Å². The van der Waals surface area contributed by atoms with Crippen molar-refractivity contribution in [1.82, 2.24) is 10.6 Å². The number of esters is 1. The molecule has 0 radical (unpaired) electrons. The molecule has 3 N–H and O–H groups in total. The van der Waals surface area contributed by atoms with E-state index < -0.39 is 11.5 Å². The lowest BCUT2D eigenvalue weighted by Crippen LogP contribution is -2.52. The van der Waals surface area contributed by atoms with Crippen LogP contribution in [0, 0.1) is 5.92 Å². The summed E-state index contributed by atoms with van der Waals surface area (Å²) in [5.41, 5.74) is -0.516. The van der Waals surface area contributed by atoms with Gasteiger partial charge in [-0.3, -0.25) is 14.4 Å². The van der Waals surface area contributed by atoms with Gasteiger partial charge in [-0.05, 0) is 32.1 Å². The lowest BCUT2D eigenvalue weighted by Gasteiger charge is -2.31. The largest absolute Gasteiger partial charge is 0.463 e. The molecule has 1 atom stereocenters. The normalized spacial score (nSPS) is 22.9. The molecule has 0 saturated heterocycles. The third kappa shape index (κ3) is 8.53. The number of carbonyl (C=O) groups is 3. The summed E-state index contributed by atoms with van der Waals surface area (Å²) in [6.07, 6.45) is 9.80. The molecule has 29 heavy (non-hydrogen) atoms. The zero-order chi connectivity index (χ0) is 21.0. The number of aliphatic hydroxyl groups excluding tert-OH is 1. The molecule has 0 aromatic carbocycles. The maximum absolute atomic E-state index is 13.0. The molecule has 1 aliphatic carbocycles. The van der Waals surface area contributed by atoms with Gasteiger partial charge in [0.05, 0.1) is 31.3 Å². The molecule has 1 spiro atoms. The van der Waals surface area contributed by atoms with Gasteiger partial charge in [-0.1, -0.05) is 25.0 Å². The van der Waals surface area contributed by atoms with Gasteiger partial charge in [-0.25, -0.2) is 0 Å². The van der Waals surface area contributed by atoms with E-state index in [-0.39, 0.29) is 44.0 Å². The van der Waals surface area contributed by atoms with Crippen molar-refractivity contribution in [1.29, 1.82) is 0 Å². The predicted molar refractivity (Wildman–Crippen MR) is 107 cm³/mol. The average molecular weight is 411 g/mol. The van der Waals surface area contributed by atoms with Crippen molar-refractivity contribution in [2.75, 3.05) is 33.0 Å². The van der Waals surface area contributed by atoms with Crippen LogP contribution in [0.3, 0.4) is 0 Å². The molecular weight excluding hydrogens is 376 g/mol. The van der Waals surface area contributed by atoms with Crippen molar-refractivity contribution in [3.8, 4) is 0 Å². The van der Waals surface area contributed by atoms with Crippen molar-refractivity contribution in [2.45, 2.75) is 63.3 Å². The Balaban J connectivity index is 1.97. The molecule has 1 heterocycles. The summed E-state index contributed by atoms with van der Waals surface area (Å²) in [7, 11) is 0. The third-order valence-electron chi connectivity index (χ3n) is 5.40. The van der Waals surface area contributed by atoms with Crippen molar-refractivity contribution in [2.24, 2.45) is 5.92 Å². The van der Waals surface area contributed by atoms with Crippen molar-refractivity contribution >= 4 is 17.8 Å². The van der Waals surface area contributed by atoms with Gasteiger partial charge >= 0.3 is 5.97 Å². The highest BCUT2D eigenvalue weighted by Gasteiger charge is 2.38. The van der Waals surface area contributed by atoms with Crippen LogP contribution >= 0.6 is 0 Å². The van der Waals surface area contributed by atoms with Crippen LogP contribution in [0.15, 0.2) is 12.2 Å². The van der Waals surface area contributed by atoms with Crippen LogP contribution in [-0.4, -0.2) is 61.4 Å². The number of nitrogens with one attached hydrogen (secondary N) is 2. The van der Waals surface area contributed by atoms with Crippen molar-refractivity contribution in [3.63, 3.8) is 0 Å². The van der Waals surface area contributed by atoms with Gasteiger partial charge in [-0.2, -0.15) is 0 Å². The molecule has 8 heteroatoms. The van der Waals surface area contributed by atoms with E-state index in [0.29, 0.717) is 32.4 Å². The number of hydrogen-bond acceptors (Lipinski definition) is 6. The lowest BCUT2D eigenvalue weighted by molar-refractivity contribution is -0.147. The summed E-state index contributed by atoms with van der Waals surface area (Å²) in [4.78, 5) is 37.2. The van der Waals surface area contributed by atoms with E-state index in [1.54, 1.807) is 0 Å². The highest BCUT2D eigenvalue weighted by molar-refractivity contribution is 5.86. The summed E-state index contributed by atoms with van der Waals surface area (Å²) in [5.74, 6) is -1.07. The first kappa shape index (κ1) is 23.3. The molecule has 8 nitrogen and oxygen atoms in total. The minimum atomic E-state index is -0.516. The van der Waals surface area contributed by atoms with Crippen LogP contribution in [-0.2, 0) is 23.9 Å². The van der Waals surface area contributed by atoms with Gasteiger partial charge in [0.1, 0.15) is 6.61 Å². The molecule has 1 fully saturated rings. The van der Waals surface area contributed by atoms with Crippen molar-refractivity contribution < 1.29 is 29.0 Å². The fourth-order valence-electron chi connectivity index (χ4n) is 3.76. The van der Waals surface area contributed by atoms with Crippen LogP contribution in [0.25, 0.3) is 0 Å². The monoisotopic (exact) mass is 410 g/mol. The van der Waals surface area contributed by atoms with Gasteiger partial charge in [-0.15, -0.1) is 0 Å². The fourth-order valence-corrected chi connectivity index (χ4v) is 3.76. The summed E-state index contributed by atoms with van der Waals surface area (Å²) < 4.78 is 10.6. The van der Waals surface area contributed by atoms with E-state index in [4.69, 9.17) is 14.6 Å². The van der Waals surface area contributed by atoms with Crippen molar-refractivity contribution in [3.05, 3.63) is 12.2 Å². The molecular formula is C21H34N2O6. The first-order valence-electron chi connectivity index (χ1n) is 10.6. The first-order chi connectivity index (χ1) is 14.0. The van der Waals surface area contributed by atoms with E-state index in [9.17, 15) is 14.4 Å². The number of allylic oxidation sites excluding steroid dienone is 2. The third-order valence-corrected chi connectivity index (χ3v) is 5.40. The Morgan fingerprint density at radius 3 is 2.79 bits per heavy atom. The topological polar surface area (TPSA) is 114 Å². The van der Waals surface area contributed by atoms with E-state index in [2.05, 4.69) is 10.6 Å². The molecule has 0 unspecified atom stereocenters. The zero-order valence-corrected chi connectivity index (χ0v) is 17.1. The number of aliphatic hydroxyl groups is 1. The van der Waals surface area contributed by atoms with Crippen LogP contribution in [0.1, 0.15) is 57.8 Å². The van der Waals surface area contributed by atoms with Gasteiger partial charge < -0.3 is 25.2 Å². The van der Waals surface area contributed by atoms with E-state index in [1.807, 2.05) is 12.2 Å². The second kappa shape index (κ2) is 12.6. The number of cyclic esters (lactones) is 1.